The lowest BCUT2D eigenvalue weighted by molar-refractivity contribution is -0.120. The average molecular weight is 261 g/mol. The molecule has 1 aliphatic carbocycles. The highest BCUT2D eigenvalue weighted by Gasteiger charge is 2.36. The first-order valence-electron chi connectivity index (χ1n) is 7.09. The van der Waals surface area contributed by atoms with Crippen LogP contribution in [0, 0.1) is 11.3 Å². The molecule has 1 unspecified atom stereocenters. The molecule has 1 atom stereocenters. The molecule has 0 aromatic heterocycles. The highest BCUT2D eigenvalue weighted by atomic mass is 16.1. The van der Waals surface area contributed by atoms with Crippen LogP contribution in [0.25, 0.3) is 0 Å². The van der Waals surface area contributed by atoms with Crippen LogP contribution in [0.1, 0.15) is 47.5 Å². The van der Waals surface area contributed by atoms with Gasteiger partial charge in [0, 0.05) is 11.1 Å². The van der Waals surface area contributed by atoms with E-state index in [1.165, 1.54) is 5.57 Å². The van der Waals surface area contributed by atoms with Crippen LogP contribution < -0.4 is 5.32 Å². The fourth-order valence-corrected chi connectivity index (χ4v) is 2.40. The van der Waals surface area contributed by atoms with Gasteiger partial charge in [-0.25, -0.2) is 0 Å². The summed E-state index contributed by atoms with van der Waals surface area (Å²) in [7, 11) is 0. The van der Waals surface area contributed by atoms with Gasteiger partial charge < -0.3 is 5.32 Å². The summed E-state index contributed by atoms with van der Waals surface area (Å²) in [5, 5.41) is 3.33. The molecular formula is C17H27NO. The van der Waals surface area contributed by atoms with E-state index in [4.69, 9.17) is 0 Å². The summed E-state index contributed by atoms with van der Waals surface area (Å²) in [5.41, 5.74) is 1.94. The Balaban J connectivity index is 2.97. The van der Waals surface area contributed by atoms with Crippen molar-refractivity contribution < 1.29 is 4.79 Å². The average Bonchev–Trinajstić information content (AvgIpc) is 2.35. The smallest absolute Gasteiger partial charge is 0.152 e. The fourth-order valence-electron chi connectivity index (χ4n) is 2.40. The zero-order valence-electron chi connectivity index (χ0n) is 12.9. The molecule has 0 radical (unpaired) electrons. The van der Waals surface area contributed by atoms with E-state index in [2.05, 4.69) is 57.8 Å². The van der Waals surface area contributed by atoms with Crippen LogP contribution in [0.15, 0.2) is 36.1 Å². The van der Waals surface area contributed by atoms with Crippen molar-refractivity contribution in [2.24, 2.45) is 11.3 Å². The van der Waals surface area contributed by atoms with Gasteiger partial charge in [-0.2, -0.15) is 0 Å². The molecule has 0 amide bonds. The van der Waals surface area contributed by atoms with Crippen molar-refractivity contribution in [1.82, 2.24) is 5.32 Å². The minimum atomic E-state index is -0.226. The molecule has 0 aliphatic heterocycles. The van der Waals surface area contributed by atoms with Crippen LogP contribution in [0.2, 0.25) is 0 Å². The molecule has 19 heavy (non-hydrogen) atoms. The maximum absolute atomic E-state index is 12.0. The Morgan fingerprint density at radius 3 is 2.42 bits per heavy atom. The van der Waals surface area contributed by atoms with Crippen LogP contribution in [-0.4, -0.2) is 11.8 Å². The minimum absolute atomic E-state index is 0.159. The van der Waals surface area contributed by atoms with Gasteiger partial charge in [0.1, 0.15) is 0 Å². The zero-order chi connectivity index (χ0) is 14.6. The monoisotopic (exact) mass is 261 g/mol. The maximum atomic E-state index is 12.0. The first-order chi connectivity index (χ1) is 8.76. The number of rotatable bonds is 6. The Morgan fingerprint density at radius 2 is 2.00 bits per heavy atom. The third kappa shape index (κ3) is 3.82. The third-order valence-corrected chi connectivity index (χ3v) is 3.89. The van der Waals surface area contributed by atoms with E-state index in [-0.39, 0.29) is 17.2 Å². The van der Waals surface area contributed by atoms with Crippen LogP contribution >= 0.6 is 0 Å². The van der Waals surface area contributed by atoms with E-state index in [9.17, 15) is 4.79 Å². The molecule has 2 nitrogen and oxygen atoms in total. The number of allylic oxidation sites excluding steroid dienone is 4. The second-order valence-corrected chi connectivity index (χ2v) is 6.23. The largest absolute Gasteiger partial charge is 0.378 e. The summed E-state index contributed by atoms with van der Waals surface area (Å²) in [6.45, 7) is 14.1. The van der Waals surface area contributed by atoms with Crippen molar-refractivity contribution in [2.45, 2.75) is 53.5 Å². The number of carbonyl (C=O) groups is 1. The van der Waals surface area contributed by atoms with Gasteiger partial charge in [0.05, 0.1) is 6.04 Å². The van der Waals surface area contributed by atoms with Crippen molar-refractivity contribution in [2.75, 3.05) is 0 Å². The Kier molecular flexibility index (Phi) is 5.16. The van der Waals surface area contributed by atoms with Gasteiger partial charge in [-0.1, -0.05) is 52.5 Å². The summed E-state index contributed by atoms with van der Waals surface area (Å²) >= 11 is 0. The summed E-state index contributed by atoms with van der Waals surface area (Å²) in [5.74, 6) is 0.486. The van der Waals surface area contributed by atoms with Gasteiger partial charge >= 0.3 is 0 Å². The van der Waals surface area contributed by atoms with E-state index in [0.29, 0.717) is 5.92 Å². The quantitative estimate of drug-likeness (QED) is 0.783. The Hall–Kier alpha value is -1.31. The Bertz CT molecular complexity index is 413. The lowest BCUT2D eigenvalue weighted by Gasteiger charge is -2.37. The number of ketones is 1. The first kappa shape index (κ1) is 15.7. The standard InChI is InChI=1S/C17H27NO/c1-12(2)13(3)18-16(14(4)19)17(5,6)15-10-8-7-9-11-15/h8,10-12,16,18H,3,7,9H2,1-2,4-6H3. The first-order valence-corrected chi connectivity index (χ1v) is 7.09. The van der Waals surface area contributed by atoms with E-state index in [1.807, 2.05) is 0 Å². The lowest BCUT2D eigenvalue weighted by Crippen LogP contribution is -2.47. The van der Waals surface area contributed by atoms with E-state index < -0.39 is 0 Å². The molecule has 1 rings (SSSR count). The second kappa shape index (κ2) is 6.23. The number of carbonyl (C=O) groups excluding carboxylic acids is 1. The molecule has 0 saturated heterocycles. The normalized spacial score (nSPS) is 17.1. The minimum Gasteiger partial charge on any atom is -0.378 e. The molecule has 0 spiro atoms. The van der Waals surface area contributed by atoms with Crippen molar-refractivity contribution in [1.29, 1.82) is 0 Å². The van der Waals surface area contributed by atoms with Crippen LogP contribution in [0.3, 0.4) is 0 Å². The third-order valence-electron chi connectivity index (χ3n) is 3.89. The van der Waals surface area contributed by atoms with E-state index >= 15 is 0 Å². The van der Waals surface area contributed by atoms with Crippen molar-refractivity contribution in [3.8, 4) is 0 Å². The number of hydrogen-bond donors (Lipinski definition) is 1. The Morgan fingerprint density at radius 1 is 1.37 bits per heavy atom. The summed E-state index contributed by atoms with van der Waals surface area (Å²) < 4.78 is 0. The van der Waals surface area contributed by atoms with Gasteiger partial charge in [0.15, 0.2) is 5.78 Å². The topological polar surface area (TPSA) is 29.1 Å². The van der Waals surface area contributed by atoms with E-state index in [1.54, 1.807) is 6.92 Å². The zero-order valence-corrected chi connectivity index (χ0v) is 12.9. The molecule has 0 fully saturated rings. The van der Waals surface area contributed by atoms with E-state index in [0.717, 1.165) is 18.5 Å². The van der Waals surface area contributed by atoms with Crippen molar-refractivity contribution in [3.05, 3.63) is 36.1 Å². The van der Waals surface area contributed by atoms with Gasteiger partial charge in [-0.05, 0) is 31.3 Å². The molecule has 0 heterocycles. The SMILES string of the molecule is C=C(NC(C(C)=O)C(C)(C)C1=CCCC=C1)C(C)C. The summed E-state index contributed by atoms with van der Waals surface area (Å²) in [6, 6.07) is -0.226. The second-order valence-electron chi connectivity index (χ2n) is 6.23. The van der Waals surface area contributed by atoms with Gasteiger partial charge in [0.2, 0.25) is 0 Å². The molecule has 1 N–H and O–H groups in total. The molecule has 0 aromatic carbocycles. The predicted octanol–water partition coefficient (Wildman–Crippen LogP) is 4.01. The van der Waals surface area contributed by atoms with Crippen LogP contribution in [-0.2, 0) is 4.79 Å². The summed E-state index contributed by atoms with van der Waals surface area (Å²) in [4.78, 5) is 12.0. The molecule has 106 valence electrons. The number of hydrogen-bond acceptors (Lipinski definition) is 2. The van der Waals surface area contributed by atoms with Crippen molar-refractivity contribution in [3.63, 3.8) is 0 Å². The van der Waals surface area contributed by atoms with Crippen LogP contribution in [0.4, 0.5) is 0 Å². The molecule has 0 bridgehead atoms. The highest BCUT2D eigenvalue weighted by Crippen LogP contribution is 2.34. The molecular weight excluding hydrogens is 234 g/mol. The van der Waals surface area contributed by atoms with Crippen molar-refractivity contribution >= 4 is 5.78 Å². The fraction of sp³-hybridized carbons (Fsp3) is 0.588. The maximum Gasteiger partial charge on any atom is 0.152 e. The molecule has 2 heteroatoms. The lowest BCUT2D eigenvalue weighted by atomic mass is 9.74. The number of Topliss-reactive ketones (excluding diaryl/α,β-unsaturated/α-hetero) is 1. The molecule has 0 aromatic rings. The van der Waals surface area contributed by atoms with Gasteiger partial charge in [-0.3, -0.25) is 4.79 Å². The number of nitrogens with one attached hydrogen (secondary N) is 1. The van der Waals surface area contributed by atoms with Gasteiger partial charge in [0.25, 0.3) is 0 Å². The Labute approximate surface area is 117 Å². The predicted molar refractivity (Wildman–Crippen MR) is 81.8 cm³/mol. The highest BCUT2D eigenvalue weighted by molar-refractivity contribution is 5.83. The van der Waals surface area contributed by atoms with Gasteiger partial charge in [-0.15, -0.1) is 0 Å². The van der Waals surface area contributed by atoms with Crippen LogP contribution in [0.5, 0.6) is 0 Å². The molecule has 0 saturated carbocycles. The molecule has 1 aliphatic rings. The summed E-state index contributed by atoms with van der Waals surface area (Å²) in [6.07, 6.45) is 8.74.